The van der Waals surface area contributed by atoms with Gasteiger partial charge in [-0.15, -0.1) is 0 Å². The van der Waals surface area contributed by atoms with E-state index >= 15 is 0 Å². The summed E-state index contributed by atoms with van der Waals surface area (Å²) in [6.45, 7) is 6.40. The lowest BCUT2D eigenvalue weighted by atomic mass is 10.1. The maximum absolute atomic E-state index is 12.7. The number of allylic oxidation sites excluding steroid dienone is 4. The summed E-state index contributed by atoms with van der Waals surface area (Å²) in [6, 6.07) is 0. The minimum absolute atomic E-state index is 0.114. The van der Waals surface area contributed by atoms with Crippen LogP contribution in [-0.4, -0.2) is 5.92 Å². The van der Waals surface area contributed by atoms with Gasteiger partial charge in [0, 0.05) is 6.92 Å². The molecule has 0 aromatic rings. The van der Waals surface area contributed by atoms with Crippen molar-refractivity contribution in [2.24, 2.45) is 0 Å². The van der Waals surface area contributed by atoms with Gasteiger partial charge in [0.1, 0.15) is 0 Å². The van der Waals surface area contributed by atoms with E-state index in [0.717, 1.165) is 25.3 Å². The molecule has 76 valence electrons. The fourth-order valence-electron chi connectivity index (χ4n) is 0.891. The maximum Gasteiger partial charge on any atom is 0.266 e. The van der Waals surface area contributed by atoms with Crippen LogP contribution in [0.5, 0.6) is 0 Å². The second kappa shape index (κ2) is 5.15. The Bertz CT molecular complexity index is 207. The van der Waals surface area contributed by atoms with E-state index in [1.807, 2.05) is 6.92 Å². The van der Waals surface area contributed by atoms with Crippen LogP contribution in [0.25, 0.3) is 0 Å². The van der Waals surface area contributed by atoms with Crippen molar-refractivity contribution in [3.05, 3.63) is 23.3 Å². The van der Waals surface area contributed by atoms with Crippen molar-refractivity contribution in [1.29, 1.82) is 0 Å². The summed E-state index contributed by atoms with van der Waals surface area (Å²) in [6.07, 6.45) is 5.30. The molecular formula is C11H18F2. The smallest absolute Gasteiger partial charge is 0.202 e. The molecule has 0 amide bonds. The second-order valence-electron chi connectivity index (χ2n) is 3.50. The maximum atomic E-state index is 12.7. The Morgan fingerprint density at radius 1 is 1.23 bits per heavy atom. The van der Waals surface area contributed by atoms with Gasteiger partial charge in [-0.05, 0) is 25.8 Å². The SMILES string of the molecule is CCC/C(C)=C/C=C(\C)C(C)(F)F. The molecule has 0 aliphatic rings. The third-order valence-electron chi connectivity index (χ3n) is 1.95. The molecule has 0 radical (unpaired) electrons. The Labute approximate surface area is 79.3 Å². The van der Waals surface area contributed by atoms with Crippen LogP contribution in [0.1, 0.15) is 40.5 Å². The minimum Gasteiger partial charge on any atom is -0.202 e. The zero-order valence-corrected chi connectivity index (χ0v) is 8.82. The van der Waals surface area contributed by atoms with E-state index in [9.17, 15) is 8.78 Å². The van der Waals surface area contributed by atoms with E-state index in [1.54, 1.807) is 6.08 Å². The molecule has 0 aromatic carbocycles. The first-order valence-electron chi connectivity index (χ1n) is 4.60. The Morgan fingerprint density at radius 3 is 2.15 bits per heavy atom. The van der Waals surface area contributed by atoms with Gasteiger partial charge in [0.15, 0.2) is 0 Å². The van der Waals surface area contributed by atoms with Gasteiger partial charge in [0.2, 0.25) is 0 Å². The summed E-state index contributed by atoms with van der Waals surface area (Å²) in [7, 11) is 0. The van der Waals surface area contributed by atoms with Crippen molar-refractivity contribution < 1.29 is 8.78 Å². The molecule has 13 heavy (non-hydrogen) atoms. The first-order valence-corrected chi connectivity index (χ1v) is 4.60. The lowest BCUT2D eigenvalue weighted by Gasteiger charge is -2.09. The number of hydrogen-bond acceptors (Lipinski definition) is 0. The van der Waals surface area contributed by atoms with Crippen LogP contribution in [0, 0.1) is 0 Å². The van der Waals surface area contributed by atoms with Gasteiger partial charge in [-0.2, -0.15) is 0 Å². The van der Waals surface area contributed by atoms with Gasteiger partial charge < -0.3 is 0 Å². The highest BCUT2D eigenvalue weighted by Gasteiger charge is 2.22. The molecule has 0 bridgehead atoms. The average Bonchev–Trinajstić information content (AvgIpc) is 1.99. The molecule has 0 unspecified atom stereocenters. The third kappa shape index (κ3) is 5.56. The molecule has 0 rings (SSSR count). The Kier molecular flexibility index (Phi) is 4.89. The zero-order valence-electron chi connectivity index (χ0n) is 8.82. The molecule has 0 atom stereocenters. The fourth-order valence-corrected chi connectivity index (χ4v) is 0.891. The lowest BCUT2D eigenvalue weighted by Crippen LogP contribution is -2.10. The quantitative estimate of drug-likeness (QED) is 0.576. The summed E-state index contributed by atoms with van der Waals surface area (Å²) in [5, 5.41) is 0. The van der Waals surface area contributed by atoms with E-state index in [4.69, 9.17) is 0 Å². The predicted octanol–water partition coefficient (Wildman–Crippen LogP) is 4.33. The first-order chi connectivity index (χ1) is 5.88. The van der Waals surface area contributed by atoms with Crippen molar-refractivity contribution in [3.8, 4) is 0 Å². The largest absolute Gasteiger partial charge is 0.266 e. The Morgan fingerprint density at radius 2 is 1.77 bits per heavy atom. The highest BCUT2D eigenvalue weighted by Crippen LogP contribution is 2.22. The van der Waals surface area contributed by atoms with Crippen LogP contribution in [0.4, 0.5) is 8.78 Å². The molecule has 0 aliphatic heterocycles. The lowest BCUT2D eigenvalue weighted by molar-refractivity contribution is 0.0635. The highest BCUT2D eigenvalue weighted by molar-refractivity contribution is 5.19. The van der Waals surface area contributed by atoms with E-state index in [2.05, 4.69) is 6.92 Å². The Hall–Kier alpha value is -0.660. The molecule has 2 heteroatoms. The number of rotatable bonds is 4. The van der Waals surface area contributed by atoms with Crippen LogP contribution < -0.4 is 0 Å². The molecule has 0 nitrogen and oxygen atoms in total. The molecule has 0 saturated heterocycles. The third-order valence-corrected chi connectivity index (χ3v) is 1.95. The van der Waals surface area contributed by atoms with E-state index in [-0.39, 0.29) is 5.57 Å². The molecule has 0 aliphatic carbocycles. The molecular weight excluding hydrogens is 170 g/mol. The monoisotopic (exact) mass is 188 g/mol. The van der Waals surface area contributed by atoms with Gasteiger partial charge in [-0.25, -0.2) is 8.78 Å². The molecule has 0 aromatic heterocycles. The normalized spacial score (nSPS) is 14.9. The van der Waals surface area contributed by atoms with Gasteiger partial charge in [-0.3, -0.25) is 0 Å². The van der Waals surface area contributed by atoms with Crippen molar-refractivity contribution in [2.45, 2.75) is 46.5 Å². The topological polar surface area (TPSA) is 0 Å². The van der Waals surface area contributed by atoms with Gasteiger partial charge in [0.05, 0.1) is 0 Å². The summed E-state index contributed by atoms with van der Waals surface area (Å²) in [5.74, 6) is -2.69. The molecule has 0 fully saturated rings. The van der Waals surface area contributed by atoms with Gasteiger partial charge >= 0.3 is 0 Å². The standard InChI is InChI=1S/C11H18F2/c1-5-6-9(2)7-8-10(3)11(4,12)13/h7-8H,5-6H2,1-4H3/b9-7+,10-8+. The van der Waals surface area contributed by atoms with E-state index in [0.29, 0.717) is 0 Å². The van der Waals surface area contributed by atoms with Crippen LogP contribution in [-0.2, 0) is 0 Å². The zero-order chi connectivity index (χ0) is 10.5. The number of alkyl halides is 2. The fraction of sp³-hybridized carbons (Fsp3) is 0.636. The summed E-state index contributed by atoms with van der Waals surface area (Å²) in [5.41, 5.74) is 1.26. The minimum atomic E-state index is -2.69. The Balaban J connectivity index is 4.33. The van der Waals surface area contributed by atoms with Crippen LogP contribution in [0.15, 0.2) is 23.3 Å². The number of halogens is 2. The number of hydrogen-bond donors (Lipinski definition) is 0. The van der Waals surface area contributed by atoms with Crippen molar-refractivity contribution in [1.82, 2.24) is 0 Å². The van der Waals surface area contributed by atoms with E-state index in [1.165, 1.54) is 13.0 Å². The van der Waals surface area contributed by atoms with Gasteiger partial charge in [0.25, 0.3) is 5.92 Å². The highest BCUT2D eigenvalue weighted by atomic mass is 19.3. The summed E-state index contributed by atoms with van der Waals surface area (Å²) >= 11 is 0. The van der Waals surface area contributed by atoms with Crippen LogP contribution in [0.3, 0.4) is 0 Å². The first kappa shape index (κ1) is 12.3. The van der Waals surface area contributed by atoms with E-state index < -0.39 is 5.92 Å². The van der Waals surface area contributed by atoms with Crippen LogP contribution in [0.2, 0.25) is 0 Å². The van der Waals surface area contributed by atoms with Crippen molar-refractivity contribution in [3.63, 3.8) is 0 Å². The molecule has 0 heterocycles. The second-order valence-corrected chi connectivity index (χ2v) is 3.50. The predicted molar refractivity (Wildman–Crippen MR) is 53.0 cm³/mol. The summed E-state index contributed by atoms with van der Waals surface area (Å²) < 4.78 is 25.3. The van der Waals surface area contributed by atoms with Gasteiger partial charge in [-0.1, -0.05) is 31.1 Å². The van der Waals surface area contributed by atoms with Crippen molar-refractivity contribution >= 4 is 0 Å². The van der Waals surface area contributed by atoms with Crippen LogP contribution >= 0.6 is 0 Å². The molecule has 0 spiro atoms. The molecule has 0 N–H and O–H groups in total. The van der Waals surface area contributed by atoms with Crippen molar-refractivity contribution in [2.75, 3.05) is 0 Å². The molecule has 0 saturated carbocycles. The summed E-state index contributed by atoms with van der Waals surface area (Å²) in [4.78, 5) is 0. The average molecular weight is 188 g/mol.